The highest BCUT2D eigenvalue weighted by Crippen LogP contribution is 2.39. The molecule has 4 nitrogen and oxygen atoms in total. The standard InChI is InChI=1S/C13H19N3O/c1-13(6-3-7-13)9-16-12(17)10-4-5-11(14-2)15-8-10/h4-5,8H,3,6-7,9H2,1-2H3,(H,14,15)(H,16,17). The van der Waals surface area contributed by atoms with E-state index < -0.39 is 0 Å². The molecule has 1 aromatic rings. The highest BCUT2D eigenvalue weighted by molar-refractivity contribution is 5.94. The van der Waals surface area contributed by atoms with Gasteiger partial charge in [0.05, 0.1) is 5.56 Å². The fourth-order valence-corrected chi connectivity index (χ4v) is 2.03. The number of amides is 1. The monoisotopic (exact) mass is 233 g/mol. The number of pyridine rings is 1. The lowest BCUT2D eigenvalue weighted by molar-refractivity contribution is 0.0890. The molecule has 1 aromatic heterocycles. The normalized spacial score (nSPS) is 17.1. The van der Waals surface area contributed by atoms with Crippen molar-refractivity contribution in [3.8, 4) is 0 Å². The van der Waals surface area contributed by atoms with Crippen LogP contribution in [-0.4, -0.2) is 24.5 Å². The van der Waals surface area contributed by atoms with Crippen LogP contribution >= 0.6 is 0 Å². The summed E-state index contributed by atoms with van der Waals surface area (Å²) in [4.78, 5) is 16.0. The van der Waals surface area contributed by atoms with Gasteiger partial charge in [-0.25, -0.2) is 4.98 Å². The Morgan fingerprint density at radius 2 is 2.24 bits per heavy atom. The van der Waals surface area contributed by atoms with Crippen molar-refractivity contribution in [2.24, 2.45) is 5.41 Å². The first-order valence-electron chi connectivity index (χ1n) is 6.05. The van der Waals surface area contributed by atoms with Gasteiger partial charge in [-0.05, 0) is 30.4 Å². The highest BCUT2D eigenvalue weighted by Gasteiger charge is 2.31. The van der Waals surface area contributed by atoms with Gasteiger partial charge in [0.2, 0.25) is 0 Å². The molecule has 0 radical (unpaired) electrons. The van der Waals surface area contributed by atoms with Gasteiger partial charge >= 0.3 is 0 Å². The molecule has 1 saturated carbocycles. The molecule has 17 heavy (non-hydrogen) atoms. The molecule has 1 amide bonds. The molecular formula is C13H19N3O. The molecule has 0 atom stereocenters. The van der Waals surface area contributed by atoms with Gasteiger partial charge in [0.1, 0.15) is 5.82 Å². The third kappa shape index (κ3) is 2.75. The third-order valence-electron chi connectivity index (χ3n) is 3.52. The Labute approximate surface area is 102 Å². The van der Waals surface area contributed by atoms with Crippen LogP contribution in [0.1, 0.15) is 36.5 Å². The smallest absolute Gasteiger partial charge is 0.252 e. The van der Waals surface area contributed by atoms with Crippen molar-refractivity contribution >= 4 is 11.7 Å². The minimum Gasteiger partial charge on any atom is -0.373 e. The lowest BCUT2D eigenvalue weighted by Gasteiger charge is -2.38. The minimum absolute atomic E-state index is 0.0340. The molecule has 1 aliphatic carbocycles. The fourth-order valence-electron chi connectivity index (χ4n) is 2.03. The van der Waals surface area contributed by atoms with Gasteiger partial charge in [0, 0.05) is 19.8 Å². The SMILES string of the molecule is CNc1ccc(C(=O)NCC2(C)CCC2)cn1. The van der Waals surface area contributed by atoms with Gasteiger partial charge in [0.25, 0.3) is 5.91 Å². The summed E-state index contributed by atoms with van der Waals surface area (Å²) in [6.45, 7) is 2.98. The number of nitrogens with zero attached hydrogens (tertiary/aromatic N) is 1. The molecule has 1 fully saturated rings. The molecule has 2 rings (SSSR count). The van der Waals surface area contributed by atoms with Gasteiger partial charge in [-0.2, -0.15) is 0 Å². The number of carbonyl (C=O) groups excluding carboxylic acids is 1. The van der Waals surface area contributed by atoms with Crippen molar-refractivity contribution in [3.05, 3.63) is 23.9 Å². The predicted octanol–water partition coefficient (Wildman–Crippen LogP) is 2.04. The summed E-state index contributed by atoms with van der Waals surface area (Å²) in [5, 5.41) is 5.90. The second kappa shape index (κ2) is 4.73. The van der Waals surface area contributed by atoms with Crippen molar-refractivity contribution < 1.29 is 4.79 Å². The van der Waals surface area contributed by atoms with Gasteiger partial charge < -0.3 is 10.6 Å². The van der Waals surface area contributed by atoms with E-state index in [1.807, 2.05) is 0 Å². The molecule has 0 unspecified atom stereocenters. The topological polar surface area (TPSA) is 54.0 Å². The molecule has 0 spiro atoms. The molecule has 0 aliphatic heterocycles. The van der Waals surface area contributed by atoms with Crippen LogP contribution in [0.2, 0.25) is 0 Å². The van der Waals surface area contributed by atoms with E-state index in [4.69, 9.17) is 0 Å². The molecular weight excluding hydrogens is 214 g/mol. The summed E-state index contributed by atoms with van der Waals surface area (Å²) in [7, 11) is 1.81. The number of hydrogen-bond acceptors (Lipinski definition) is 3. The van der Waals surface area contributed by atoms with Crippen LogP contribution in [0.25, 0.3) is 0 Å². The van der Waals surface area contributed by atoms with Crippen LogP contribution < -0.4 is 10.6 Å². The Bertz CT molecular complexity index is 396. The number of carbonyl (C=O) groups is 1. The third-order valence-corrected chi connectivity index (χ3v) is 3.52. The van der Waals surface area contributed by atoms with Crippen molar-refractivity contribution in [1.29, 1.82) is 0 Å². The molecule has 2 N–H and O–H groups in total. The second-order valence-corrected chi connectivity index (χ2v) is 5.03. The van der Waals surface area contributed by atoms with E-state index in [0.717, 1.165) is 12.4 Å². The van der Waals surface area contributed by atoms with Crippen molar-refractivity contribution in [2.45, 2.75) is 26.2 Å². The van der Waals surface area contributed by atoms with Crippen LogP contribution in [0.4, 0.5) is 5.82 Å². The quantitative estimate of drug-likeness (QED) is 0.836. The van der Waals surface area contributed by atoms with Crippen molar-refractivity contribution in [3.63, 3.8) is 0 Å². The van der Waals surface area contributed by atoms with E-state index in [0.29, 0.717) is 11.0 Å². The van der Waals surface area contributed by atoms with Crippen molar-refractivity contribution in [1.82, 2.24) is 10.3 Å². The zero-order valence-corrected chi connectivity index (χ0v) is 10.4. The molecule has 1 heterocycles. The Balaban J connectivity index is 1.90. The first kappa shape index (κ1) is 11.9. The molecule has 92 valence electrons. The maximum Gasteiger partial charge on any atom is 0.252 e. The molecule has 0 bridgehead atoms. The van der Waals surface area contributed by atoms with Crippen LogP contribution in [0, 0.1) is 5.41 Å². The summed E-state index contributed by atoms with van der Waals surface area (Å²) in [6.07, 6.45) is 5.31. The number of anilines is 1. The van der Waals surface area contributed by atoms with Crippen LogP contribution in [0.15, 0.2) is 18.3 Å². The van der Waals surface area contributed by atoms with E-state index in [2.05, 4.69) is 22.5 Å². The fraction of sp³-hybridized carbons (Fsp3) is 0.538. The zero-order chi connectivity index (χ0) is 12.3. The van der Waals surface area contributed by atoms with Gasteiger partial charge in [-0.15, -0.1) is 0 Å². The molecule has 1 aliphatic rings. The minimum atomic E-state index is -0.0340. The maximum absolute atomic E-state index is 11.9. The average molecular weight is 233 g/mol. The Morgan fingerprint density at radius 3 is 2.71 bits per heavy atom. The van der Waals surface area contributed by atoms with E-state index in [1.54, 1.807) is 25.4 Å². The first-order chi connectivity index (χ1) is 8.13. The molecule has 0 saturated heterocycles. The molecule has 0 aromatic carbocycles. The van der Waals surface area contributed by atoms with Gasteiger partial charge in [0.15, 0.2) is 0 Å². The van der Waals surface area contributed by atoms with E-state index in [-0.39, 0.29) is 5.91 Å². The van der Waals surface area contributed by atoms with E-state index >= 15 is 0 Å². The van der Waals surface area contributed by atoms with Crippen LogP contribution in [0.3, 0.4) is 0 Å². The summed E-state index contributed by atoms with van der Waals surface area (Å²) >= 11 is 0. The number of hydrogen-bond donors (Lipinski definition) is 2. The first-order valence-corrected chi connectivity index (χ1v) is 6.05. The summed E-state index contributed by atoms with van der Waals surface area (Å²) in [5.74, 6) is 0.737. The largest absolute Gasteiger partial charge is 0.373 e. The average Bonchev–Trinajstić information content (AvgIpc) is 2.33. The maximum atomic E-state index is 11.9. The van der Waals surface area contributed by atoms with Crippen LogP contribution in [-0.2, 0) is 0 Å². The summed E-state index contributed by atoms with van der Waals surface area (Å²) in [5.41, 5.74) is 0.931. The van der Waals surface area contributed by atoms with E-state index in [9.17, 15) is 4.79 Å². The lowest BCUT2D eigenvalue weighted by Crippen LogP contribution is -2.39. The Morgan fingerprint density at radius 1 is 1.47 bits per heavy atom. The van der Waals surface area contributed by atoms with Gasteiger partial charge in [-0.1, -0.05) is 13.3 Å². The number of rotatable bonds is 4. The summed E-state index contributed by atoms with van der Waals surface area (Å²) in [6, 6.07) is 3.59. The predicted molar refractivity (Wildman–Crippen MR) is 68.1 cm³/mol. The Kier molecular flexibility index (Phi) is 3.31. The Hall–Kier alpha value is -1.58. The highest BCUT2D eigenvalue weighted by atomic mass is 16.1. The zero-order valence-electron chi connectivity index (χ0n) is 10.4. The number of aromatic nitrogens is 1. The second-order valence-electron chi connectivity index (χ2n) is 5.03. The van der Waals surface area contributed by atoms with Crippen molar-refractivity contribution in [2.75, 3.05) is 18.9 Å². The molecule has 4 heteroatoms. The van der Waals surface area contributed by atoms with Crippen LogP contribution in [0.5, 0.6) is 0 Å². The van der Waals surface area contributed by atoms with Gasteiger partial charge in [-0.3, -0.25) is 4.79 Å². The summed E-state index contributed by atoms with van der Waals surface area (Å²) < 4.78 is 0. The van der Waals surface area contributed by atoms with E-state index in [1.165, 1.54) is 19.3 Å². The lowest BCUT2D eigenvalue weighted by atomic mass is 9.70. The number of nitrogens with one attached hydrogen (secondary N) is 2.